The Kier molecular flexibility index (Phi) is 2.26. The zero-order valence-corrected chi connectivity index (χ0v) is 9.95. The van der Waals surface area contributed by atoms with Gasteiger partial charge >= 0.3 is 0 Å². The fourth-order valence-electron chi connectivity index (χ4n) is 1.88. The highest BCUT2D eigenvalue weighted by atomic mass is 32.1. The first-order valence-electron chi connectivity index (χ1n) is 5.06. The van der Waals surface area contributed by atoms with Crippen LogP contribution in [-0.4, -0.2) is 12.3 Å². The second kappa shape index (κ2) is 3.78. The first-order chi connectivity index (χ1) is 8.31. The Morgan fingerprint density at radius 2 is 2.18 bits per heavy atom. The molecule has 0 aliphatic heterocycles. The molecular weight excluding hydrogens is 236 g/mol. The number of nitrogen functional groups attached to an aromatic ring is 1. The lowest BCUT2D eigenvalue weighted by molar-refractivity contribution is 0.420. The van der Waals surface area contributed by atoms with E-state index >= 15 is 0 Å². The second-order valence-electron chi connectivity index (χ2n) is 3.58. The lowest BCUT2D eigenvalue weighted by atomic mass is 10.0. The first-order valence-corrected chi connectivity index (χ1v) is 5.94. The molecule has 0 aliphatic rings. The molecule has 0 atom stereocenters. The van der Waals surface area contributed by atoms with Crippen LogP contribution in [0.15, 0.2) is 34.3 Å². The minimum absolute atomic E-state index is 0.336. The van der Waals surface area contributed by atoms with Crippen molar-refractivity contribution in [2.45, 2.75) is 0 Å². The van der Waals surface area contributed by atoms with Crippen LogP contribution in [0.25, 0.3) is 21.2 Å². The molecule has 5 heteroatoms. The largest absolute Gasteiger partial charge is 0.495 e. The van der Waals surface area contributed by atoms with Crippen molar-refractivity contribution in [1.82, 2.24) is 5.16 Å². The number of thiophene rings is 1. The van der Waals surface area contributed by atoms with Crippen LogP contribution in [0.1, 0.15) is 0 Å². The summed E-state index contributed by atoms with van der Waals surface area (Å²) in [4.78, 5) is 0. The zero-order chi connectivity index (χ0) is 11.8. The summed E-state index contributed by atoms with van der Waals surface area (Å²) in [5.74, 6) is 1.21. The van der Waals surface area contributed by atoms with Crippen LogP contribution in [0, 0.1) is 0 Å². The van der Waals surface area contributed by atoms with E-state index in [0.717, 1.165) is 27.0 Å². The third-order valence-corrected chi connectivity index (χ3v) is 3.62. The highest BCUT2D eigenvalue weighted by molar-refractivity contribution is 7.17. The maximum Gasteiger partial charge on any atom is 0.229 e. The number of hydrogen-bond acceptors (Lipinski definition) is 5. The van der Waals surface area contributed by atoms with Gasteiger partial charge in [-0.05, 0) is 29.1 Å². The maximum atomic E-state index is 5.75. The Bertz CT molecular complexity index is 672. The van der Waals surface area contributed by atoms with Crippen molar-refractivity contribution in [3.05, 3.63) is 29.8 Å². The lowest BCUT2D eigenvalue weighted by Gasteiger charge is -2.05. The zero-order valence-electron chi connectivity index (χ0n) is 9.14. The van der Waals surface area contributed by atoms with Crippen molar-refractivity contribution in [2.24, 2.45) is 0 Å². The van der Waals surface area contributed by atoms with Gasteiger partial charge in [-0.1, -0.05) is 5.16 Å². The molecule has 1 aromatic carbocycles. The molecule has 0 fully saturated rings. The number of nitrogens with two attached hydrogens (primary N) is 1. The van der Waals surface area contributed by atoms with E-state index in [1.807, 2.05) is 23.6 Å². The van der Waals surface area contributed by atoms with E-state index in [1.54, 1.807) is 24.6 Å². The SMILES string of the molecule is COc1ccc(-c2cnoc2N)c2ccsc12. The van der Waals surface area contributed by atoms with E-state index in [0.29, 0.717) is 5.88 Å². The maximum absolute atomic E-state index is 5.75. The van der Waals surface area contributed by atoms with Gasteiger partial charge in [0.2, 0.25) is 5.88 Å². The molecule has 0 unspecified atom stereocenters. The van der Waals surface area contributed by atoms with Gasteiger partial charge in [0.25, 0.3) is 0 Å². The second-order valence-corrected chi connectivity index (χ2v) is 4.50. The first kappa shape index (κ1) is 10.2. The van der Waals surface area contributed by atoms with Crippen LogP contribution in [0.4, 0.5) is 5.88 Å². The summed E-state index contributed by atoms with van der Waals surface area (Å²) >= 11 is 1.64. The number of hydrogen-bond donors (Lipinski definition) is 1. The van der Waals surface area contributed by atoms with E-state index in [2.05, 4.69) is 5.16 Å². The molecule has 0 bridgehead atoms. The number of rotatable bonds is 2. The molecule has 0 aliphatic carbocycles. The molecule has 17 heavy (non-hydrogen) atoms. The molecule has 86 valence electrons. The molecule has 3 rings (SSSR count). The van der Waals surface area contributed by atoms with E-state index in [9.17, 15) is 0 Å². The molecular formula is C12H10N2O2S. The summed E-state index contributed by atoms with van der Waals surface area (Å²) in [6.45, 7) is 0. The molecule has 2 heterocycles. The smallest absolute Gasteiger partial charge is 0.229 e. The average molecular weight is 246 g/mol. The molecule has 0 spiro atoms. The summed E-state index contributed by atoms with van der Waals surface area (Å²) in [5, 5.41) is 6.83. The van der Waals surface area contributed by atoms with Gasteiger partial charge in [-0.15, -0.1) is 11.3 Å². The quantitative estimate of drug-likeness (QED) is 0.754. The lowest BCUT2D eigenvalue weighted by Crippen LogP contribution is -1.87. The van der Waals surface area contributed by atoms with Crippen LogP contribution >= 0.6 is 11.3 Å². The van der Waals surface area contributed by atoms with E-state index in [4.69, 9.17) is 15.0 Å². The number of methoxy groups -OCH3 is 1. The number of nitrogens with zero attached hydrogens (tertiary/aromatic N) is 1. The minimum Gasteiger partial charge on any atom is -0.495 e. The monoisotopic (exact) mass is 246 g/mol. The summed E-state index contributed by atoms with van der Waals surface area (Å²) < 4.78 is 11.3. The number of anilines is 1. The van der Waals surface area contributed by atoms with Crippen LogP contribution in [0.3, 0.4) is 0 Å². The van der Waals surface area contributed by atoms with Crippen molar-refractivity contribution in [1.29, 1.82) is 0 Å². The predicted octanol–water partition coefficient (Wildman–Crippen LogP) is 3.15. The van der Waals surface area contributed by atoms with Crippen molar-refractivity contribution in [3.63, 3.8) is 0 Å². The summed E-state index contributed by atoms with van der Waals surface area (Å²) in [5.41, 5.74) is 7.58. The highest BCUT2D eigenvalue weighted by Crippen LogP contribution is 2.39. The van der Waals surface area contributed by atoms with Gasteiger partial charge in [0, 0.05) is 5.39 Å². The molecule has 0 amide bonds. The standard InChI is InChI=1S/C12H10N2O2S/c1-15-10-3-2-7(8-4-5-17-11(8)10)9-6-14-16-12(9)13/h2-6H,13H2,1H3. The Morgan fingerprint density at radius 1 is 1.29 bits per heavy atom. The number of aromatic nitrogens is 1. The number of benzene rings is 1. The average Bonchev–Trinajstić information content (AvgIpc) is 2.96. The van der Waals surface area contributed by atoms with Crippen molar-refractivity contribution < 1.29 is 9.26 Å². The third kappa shape index (κ3) is 1.47. The Hall–Kier alpha value is -2.01. The van der Waals surface area contributed by atoms with Crippen LogP contribution in [-0.2, 0) is 0 Å². The predicted molar refractivity (Wildman–Crippen MR) is 68.3 cm³/mol. The van der Waals surface area contributed by atoms with Crippen LogP contribution in [0.5, 0.6) is 5.75 Å². The van der Waals surface area contributed by atoms with Gasteiger partial charge < -0.3 is 15.0 Å². The normalized spacial score (nSPS) is 10.9. The Balaban J connectivity index is 2.32. The van der Waals surface area contributed by atoms with Crippen molar-refractivity contribution in [2.75, 3.05) is 12.8 Å². The molecule has 0 radical (unpaired) electrons. The third-order valence-electron chi connectivity index (χ3n) is 2.69. The van der Waals surface area contributed by atoms with Gasteiger partial charge in [-0.2, -0.15) is 0 Å². The molecule has 4 nitrogen and oxygen atoms in total. The molecule has 0 saturated heterocycles. The van der Waals surface area contributed by atoms with E-state index in [1.165, 1.54) is 0 Å². The van der Waals surface area contributed by atoms with Gasteiger partial charge in [0.1, 0.15) is 5.75 Å². The molecule has 2 N–H and O–H groups in total. The minimum atomic E-state index is 0.336. The number of fused-ring (bicyclic) bond motifs is 1. The summed E-state index contributed by atoms with van der Waals surface area (Å²) in [6.07, 6.45) is 1.63. The Labute approximate surface area is 102 Å². The summed E-state index contributed by atoms with van der Waals surface area (Å²) in [7, 11) is 1.67. The fourth-order valence-corrected chi connectivity index (χ4v) is 2.80. The molecule has 2 aromatic heterocycles. The van der Waals surface area contributed by atoms with E-state index < -0.39 is 0 Å². The number of ether oxygens (including phenoxy) is 1. The molecule has 3 aromatic rings. The van der Waals surface area contributed by atoms with Crippen LogP contribution < -0.4 is 10.5 Å². The Morgan fingerprint density at radius 3 is 2.88 bits per heavy atom. The van der Waals surface area contributed by atoms with Gasteiger partial charge in [0.05, 0.1) is 23.6 Å². The fraction of sp³-hybridized carbons (Fsp3) is 0.0833. The summed E-state index contributed by atoms with van der Waals surface area (Å²) in [6, 6.07) is 5.95. The topological polar surface area (TPSA) is 61.3 Å². The van der Waals surface area contributed by atoms with Crippen molar-refractivity contribution >= 4 is 27.3 Å². The molecule has 0 saturated carbocycles. The van der Waals surface area contributed by atoms with Crippen LogP contribution in [0.2, 0.25) is 0 Å². The van der Waals surface area contributed by atoms with Gasteiger partial charge in [-0.25, -0.2) is 0 Å². The van der Waals surface area contributed by atoms with Gasteiger partial charge in [-0.3, -0.25) is 0 Å². The van der Waals surface area contributed by atoms with E-state index in [-0.39, 0.29) is 0 Å². The van der Waals surface area contributed by atoms with Gasteiger partial charge in [0.15, 0.2) is 0 Å². The van der Waals surface area contributed by atoms with Crippen molar-refractivity contribution in [3.8, 4) is 16.9 Å². The highest BCUT2D eigenvalue weighted by Gasteiger charge is 2.13.